The highest BCUT2D eigenvalue weighted by Gasteiger charge is 2.95. The van der Waals surface area contributed by atoms with Crippen LogP contribution in [0, 0.1) is 34.0 Å². The summed E-state index contributed by atoms with van der Waals surface area (Å²) in [6.45, 7) is 6.42. The Bertz CT molecular complexity index is 1490. The van der Waals surface area contributed by atoms with E-state index in [0.29, 0.717) is 12.0 Å². The molecule has 16 atom stereocenters. The normalized spacial score (nSPS) is 56.1. The Balaban J connectivity index is 1.32. The van der Waals surface area contributed by atoms with Crippen LogP contribution >= 0.6 is 0 Å². The number of allylic oxidation sites excluding steroid dienone is 1. The van der Waals surface area contributed by atoms with E-state index in [4.69, 9.17) is 37.9 Å². The zero-order valence-electron chi connectivity index (χ0n) is 27.2. The molecule has 0 amide bonds. The summed E-state index contributed by atoms with van der Waals surface area (Å²) in [7, 11) is 2.45. The van der Waals surface area contributed by atoms with Crippen molar-refractivity contribution in [3.05, 3.63) is 24.0 Å². The van der Waals surface area contributed by atoms with Crippen LogP contribution in [0.2, 0.25) is 0 Å². The summed E-state index contributed by atoms with van der Waals surface area (Å²) in [5, 5.41) is 36.9. The quantitative estimate of drug-likeness (QED) is 0.153. The van der Waals surface area contributed by atoms with Gasteiger partial charge in [0.2, 0.25) is 6.29 Å². The van der Waals surface area contributed by atoms with Gasteiger partial charge in [0.25, 0.3) is 0 Å². The van der Waals surface area contributed by atoms with Crippen LogP contribution in [0.4, 0.5) is 0 Å². The molecule has 5 aliphatic heterocycles. The van der Waals surface area contributed by atoms with Crippen LogP contribution in [0.1, 0.15) is 40.5 Å². The van der Waals surface area contributed by atoms with Crippen molar-refractivity contribution < 1.29 is 67.6 Å². The van der Waals surface area contributed by atoms with E-state index in [1.165, 1.54) is 20.5 Å². The fourth-order valence-electron chi connectivity index (χ4n) is 11.7. The first-order chi connectivity index (χ1) is 22.2. The van der Waals surface area contributed by atoms with Gasteiger partial charge < -0.3 is 53.2 Å². The van der Waals surface area contributed by atoms with Crippen LogP contribution < -0.4 is 0 Å². The van der Waals surface area contributed by atoms with E-state index < -0.39 is 112 Å². The number of carbonyl (C=O) groups excluding carboxylic acids is 3. The van der Waals surface area contributed by atoms with Crippen molar-refractivity contribution in [3.8, 4) is 0 Å². The van der Waals surface area contributed by atoms with E-state index >= 15 is 0 Å². The number of aliphatic hydroxyl groups excluding tert-OH is 2. The summed E-state index contributed by atoms with van der Waals surface area (Å²) in [5.41, 5.74) is -8.08. The van der Waals surface area contributed by atoms with Gasteiger partial charge in [0.15, 0.2) is 11.7 Å². The molecule has 14 nitrogen and oxygen atoms in total. The standard InChI is InChI=1S/C33H42O14/c1-7-14(2)24(36)45-17-11-16(34)30-12-44-20(25(37)40-5)21(30)28(3,23(35)19-22(30)31(17,13-43-19)26(38)41-6)33-18-10-15(29(33,4)47-33)32(39)8-9-42-27(32)46-18/h7-9,15-23,27,34-35,39H,10-13H2,1-6H3/t15-,16+,17-,18+,19-,20+,21?,22-,23-,27+,28+,29+,30-,31+,32+,33+/m1/s1. The minimum Gasteiger partial charge on any atom is -0.469 e. The second-order valence-electron chi connectivity index (χ2n) is 15.0. The molecule has 5 heterocycles. The van der Waals surface area contributed by atoms with Gasteiger partial charge in [-0.3, -0.25) is 4.79 Å². The van der Waals surface area contributed by atoms with E-state index in [9.17, 15) is 29.7 Å². The second-order valence-corrected chi connectivity index (χ2v) is 15.0. The molecule has 3 N–H and O–H groups in total. The molecule has 8 rings (SSSR count). The number of epoxide rings is 1. The lowest BCUT2D eigenvalue weighted by Gasteiger charge is -2.65. The third-order valence-electron chi connectivity index (χ3n) is 13.8. The zero-order valence-corrected chi connectivity index (χ0v) is 27.2. The number of hydrogen-bond donors (Lipinski definition) is 3. The number of rotatable bonds is 5. The first-order valence-corrected chi connectivity index (χ1v) is 16.2. The molecule has 3 saturated carbocycles. The number of methoxy groups -OCH3 is 2. The van der Waals surface area contributed by atoms with Gasteiger partial charge >= 0.3 is 17.9 Å². The predicted molar refractivity (Wildman–Crippen MR) is 154 cm³/mol. The minimum atomic E-state index is -1.66. The van der Waals surface area contributed by atoms with Crippen LogP contribution in [0.3, 0.4) is 0 Å². The topological polar surface area (TPSA) is 189 Å². The molecule has 7 fully saturated rings. The molecule has 3 aliphatic carbocycles. The molecule has 47 heavy (non-hydrogen) atoms. The Morgan fingerprint density at radius 3 is 2.45 bits per heavy atom. The smallest absolute Gasteiger partial charge is 0.335 e. The Labute approximate surface area is 271 Å². The van der Waals surface area contributed by atoms with Crippen LogP contribution in [-0.2, 0) is 52.3 Å². The molecule has 258 valence electrons. The van der Waals surface area contributed by atoms with E-state index in [-0.39, 0.29) is 19.6 Å². The Morgan fingerprint density at radius 1 is 1.02 bits per heavy atom. The average molecular weight is 663 g/mol. The SMILES string of the molecule is CC=C(C)C(=O)O[C@@H]1C[C@H](O)[C@]23CO[C@H](C(=O)OC)C2[C@](C)([C@]24O[C@@]2(C)[C@H]2C[C@@H]4O[C@@H]4OC=C[C@@]42O)[C@H](O)[C@@H]2OC[C@@]1(C(=O)OC)[C@H]23. The van der Waals surface area contributed by atoms with Gasteiger partial charge in [-0.1, -0.05) is 13.0 Å². The highest BCUT2D eigenvalue weighted by molar-refractivity contribution is 5.88. The Morgan fingerprint density at radius 2 is 1.77 bits per heavy atom. The summed E-state index contributed by atoms with van der Waals surface area (Å²) in [6.07, 6.45) is -3.30. The molecule has 1 unspecified atom stereocenters. The maximum atomic E-state index is 14.0. The van der Waals surface area contributed by atoms with Gasteiger partial charge in [-0.25, -0.2) is 9.59 Å². The van der Waals surface area contributed by atoms with E-state index in [1.807, 2.05) is 6.92 Å². The fourth-order valence-corrected chi connectivity index (χ4v) is 11.7. The first kappa shape index (κ1) is 31.7. The van der Waals surface area contributed by atoms with Crippen molar-refractivity contribution in [3.63, 3.8) is 0 Å². The maximum Gasteiger partial charge on any atom is 0.335 e. The van der Waals surface area contributed by atoms with Crippen LogP contribution in [0.15, 0.2) is 24.0 Å². The number of fused-ring (bicyclic) bond motifs is 7. The van der Waals surface area contributed by atoms with Crippen molar-refractivity contribution in [2.24, 2.45) is 34.0 Å². The van der Waals surface area contributed by atoms with Crippen molar-refractivity contribution in [1.29, 1.82) is 0 Å². The number of ether oxygens (including phenoxy) is 8. The lowest BCUT2D eigenvalue weighted by molar-refractivity contribution is -0.295. The number of aliphatic hydroxyl groups is 3. The number of carbonyl (C=O) groups is 3. The van der Waals surface area contributed by atoms with Crippen molar-refractivity contribution in [1.82, 2.24) is 0 Å². The second kappa shape index (κ2) is 9.55. The van der Waals surface area contributed by atoms with Crippen molar-refractivity contribution in [2.45, 2.75) is 100 Å². The molecule has 14 heteroatoms. The molecule has 1 spiro atoms. The van der Waals surface area contributed by atoms with E-state index in [1.54, 1.807) is 32.9 Å². The van der Waals surface area contributed by atoms with Gasteiger partial charge in [-0.05, 0) is 33.3 Å². The summed E-state index contributed by atoms with van der Waals surface area (Å²) in [5.74, 6) is -4.66. The van der Waals surface area contributed by atoms with Gasteiger partial charge in [0, 0.05) is 40.6 Å². The lowest BCUT2D eigenvalue weighted by Crippen LogP contribution is -2.77. The average Bonchev–Trinajstić information content (AvgIpc) is 3.49. The lowest BCUT2D eigenvalue weighted by atomic mass is 9.38. The third-order valence-corrected chi connectivity index (χ3v) is 13.8. The highest BCUT2D eigenvalue weighted by Crippen LogP contribution is 2.82. The highest BCUT2D eigenvalue weighted by atomic mass is 16.7. The molecule has 8 aliphatic rings. The summed E-state index contributed by atoms with van der Waals surface area (Å²) >= 11 is 0. The Hall–Kier alpha value is -2.59. The van der Waals surface area contributed by atoms with E-state index in [2.05, 4.69) is 0 Å². The zero-order chi connectivity index (χ0) is 33.7. The predicted octanol–water partition coefficient (Wildman–Crippen LogP) is -0.0939. The molecule has 0 aromatic heterocycles. The molecule has 2 bridgehead atoms. The fraction of sp³-hybridized carbons (Fsp3) is 0.788. The number of hydrogen-bond acceptors (Lipinski definition) is 14. The first-order valence-electron chi connectivity index (χ1n) is 16.2. The number of esters is 3. The van der Waals surface area contributed by atoms with Crippen LogP contribution in [0.25, 0.3) is 0 Å². The van der Waals surface area contributed by atoms with Gasteiger partial charge in [0.1, 0.15) is 22.7 Å². The summed E-state index contributed by atoms with van der Waals surface area (Å²) in [4.78, 5) is 40.8. The van der Waals surface area contributed by atoms with Gasteiger partial charge in [-0.15, -0.1) is 0 Å². The summed E-state index contributed by atoms with van der Waals surface area (Å²) in [6, 6.07) is 0. The van der Waals surface area contributed by atoms with Crippen LogP contribution in [0.5, 0.6) is 0 Å². The molecule has 4 saturated heterocycles. The maximum absolute atomic E-state index is 14.0. The van der Waals surface area contributed by atoms with Crippen molar-refractivity contribution in [2.75, 3.05) is 27.4 Å². The molecule has 0 aromatic carbocycles. The van der Waals surface area contributed by atoms with Crippen LogP contribution in [-0.4, -0.2) is 120 Å². The minimum absolute atomic E-state index is 0.196. The third kappa shape index (κ3) is 3.20. The molecular weight excluding hydrogens is 620 g/mol. The molecular formula is C33H42O14. The van der Waals surface area contributed by atoms with Crippen molar-refractivity contribution >= 4 is 17.9 Å². The van der Waals surface area contributed by atoms with Gasteiger partial charge in [0.05, 0.1) is 58.1 Å². The molecule has 0 radical (unpaired) electrons. The van der Waals surface area contributed by atoms with Gasteiger partial charge in [-0.2, -0.15) is 0 Å². The Kier molecular flexibility index (Phi) is 6.44. The molecule has 0 aromatic rings. The monoisotopic (exact) mass is 662 g/mol. The summed E-state index contributed by atoms with van der Waals surface area (Å²) < 4.78 is 48.0. The van der Waals surface area contributed by atoms with E-state index in [0.717, 1.165) is 0 Å². The largest absolute Gasteiger partial charge is 0.469 e.